The molecule has 0 bridgehead atoms. The lowest BCUT2D eigenvalue weighted by Crippen LogP contribution is -2.47. The van der Waals surface area contributed by atoms with Gasteiger partial charge >= 0.3 is 6.03 Å². The molecule has 166 valence electrons. The summed E-state index contributed by atoms with van der Waals surface area (Å²) < 4.78 is 13.1. The summed E-state index contributed by atoms with van der Waals surface area (Å²) in [4.78, 5) is 17.5. The highest BCUT2D eigenvalue weighted by molar-refractivity contribution is 5.89. The van der Waals surface area contributed by atoms with Gasteiger partial charge in [0.15, 0.2) is 0 Å². The Labute approximate surface area is 185 Å². The average Bonchev–Trinajstić information content (AvgIpc) is 2.81. The Morgan fingerprint density at radius 1 is 0.935 bits per heavy atom. The van der Waals surface area contributed by atoms with Crippen LogP contribution in [0.5, 0.6) is 0 Å². The summed E-state index contributed by atoms with van der Waals surface area (Å²) >= 11 is 0. The Hall–Kier alpha value is -2.40. The van der Waals surface area contributed by atoms with Gasteiger partial charge in [-0.25, -0.2) is 9.18 Å². The number of hydrogen-bond acceptors (Lipinski definition) is 2. The first kappa shape index (κ1) is 21.8. The predicted octanol–water partition coefficient (Wildman–Crippen LogP) is 5.56. The topological polar surface area (TPSA) is 35.6 Å². The molecule has 2 saturated heterocycles. The van der Waals surface area contributed by atoms with E-state index in [1.165, 1.54) is 24.8 Å². The molecule has 2 aliphatic heterocycles. The van der Waals surface area contributed by atoms with Gasteiger partial charge in [-0.05, 0) is 93.8 Å². The molecule has 2 aromatic carbocycles. The summed E-state index contributed by atoms with van der Waals surface area (Å²) in [6.07, 6.45) is 7.88. The van der Waals surface area contributed by atoms with Crippen LogP contribution in [0.2, 0.25) is 0 Å². The molecule has 2 aromatic rings. The van der Waals surface area contributed by atoms with Crippen molar-refractivity contribution in [2.24, 2.45) is 5.92 Å². The van der Waals surface area contributed by atoms with Gasteiger partial charge in [0.05, 0.1) is 0 Å². The van der Waals surface area contributed by atoms with Gasteiger partial charge in [0.2, 0.25) is 0 Å². The first-order valence-corrected chi connectivity index (χ1v) is 11.8. The lowest BCUT2D eigenvalue weighted by atomic mass is 9.90. The Morgan fingerprint density at radius 3 is 2.42 bits per heavy atom. The van der Waals surface area contributed by atoms with Gasteiger partial charge in [0, 0.05) is 24.8 Å². The fourth-order valence-electron chi connectivity index (χ4n) is 4.98. The van der Waals surface area contributed by atoms with Gasteiger partial charge in [-0.3, -0.25) is 0 Å². The predicted molar refractivity (Wildman–Crippen MR) is 124 cm³/mol. The lowest BCUT2D eigenvalue weighted by Gasteiger charge is -2.38. The van der Waals surface area contributed by atoms with Crippen molar-refractivity contribution in [1.82, 2.24) is 9.80 Å². The molecule has 2 fully saturated rings. The summed E-state index contributed by atoms with van der Waals surface area (Å²) in [7, 11) is 0. The van der Waals surface area contributed by atoms with E-state index in [1.807, 2.05) is 42.5 Å². The molecular weight excluding hydrogens is 389 g/mol. The summed E-state index contributed by atoms with van der Waals surface area (Å²) in [6, 6.07) is 17.1. The van der Waals surface area contributed by atoms with E-state index >= 15 is 0 Å². The molecule has 2 amide bonds. The maximum atomic E-state index is 13.1. The second-order valence-electron chi connectivity index (χ2n) is 9.04. The molecule has 2 aliphatic rings. The number of nitrogens with zero attached hydrogens (tertiary/aromatic N) is 2. The summed E-state index contributed by atoms with van der Waals surface area (Å²) in [5.74, 6) is 0.525. The molecule has 2 heterocycles. The van der Waals surface area contributed by atoms with Gasteiger partial charge in [-0.1, -0.05) is 30.3 Å². The largest absolute Gasteiger partial charge is 0.322 e. The van der Waals surface area contributed by atoms with Crippen LogP contribution in [0.3, 0.4) is 0 Å². The van der Waals surface area contributed by atoms with Crippen LogP contribution in [0.25, 0.3) is 0 Å². The molecule has 0 spiro atoms. The molecule has 31 heavy (non-hydrogen) atoms. The first-order valence-electron chi connectivity index (χ1n) is 11.8. The van der Waals surface area contributed by atoms with E-state index in [1.54, 1.807) is 12.1 Å². The zero-order chi connectivity index (χ0) is 21.5. The van der Waals surface area contributed by atoms with E-state index < -0.39 is 0 Å². The van der Waals surface area contributed by atoms with E-state index in [4.69, 9.17) is 0 Å². The van der Waals surface area contributed by atoms with Crippen LogP contribution in [0.1, 0.15) is 44.1 Å². The molecule has 1 unspecified atom stereocenters. The van der Waals surface area contributed by atoms with Crippen LogP contribution < -0.4 is 5.32 Å². The fraction of sp³-hybridized carbons (Fsp3) is 0.500. The number of likely N-dealkylation sites (tertiary alicyclic amines) is 2. The van der Waals surface area contributed by atoms with Crippen molar-refractivity contribution < 1.29 is 9.18 Å². The standard InChI is InChI=1S/C26H34FN3O/c27-23-11-9-21(10-12-23)20-22-13-17-29(18-14-22)19-15-25-8-4-5-16-30(25)26(31)28-24-6-2-1-3-7-24/h1-3,6-7,9-12,22,25H,4-5,8,13-20H2,(H,28,31). The number of piperidine rings is 2. The van der Waals surface area contributed by atoms with E-state index in [9.17, 15) is 9.18 Å². The van der Waals surface area contributed by atoms with Crippen LogP contribution >= 0.6 is 0 Å². The Balaban J connectivity index is 1.22. The van der Waals surface area contributed by atoms with Crippen molar-refractivity contribution in [2.45, 2.75) is 51.0 Å². The van der Waals surface area contributed by atoms with E-state index in [0.29, 0.717) is 12.0 Å². The highest BCUT2D eigenvalue weighted by Gasteiger charge is 2.28. The minimum absolute atomic E-state index is 0.0360. The van der Waals surface area contributed by atoms with Crippen LogP contribution in [-0.2, 0) is 6.42 Å². The quantitative estimate of drug-likeness (QED) is 0.660. The number of carbonyl (C=O) groups is 1. The third-order valence-electron chi connectivity index (χ3n) is 6.84. The molecular formula is C26H34FN3O. The normalized spacial score (nSPS) is 20.5. The molecule has 0 radical (unpaired) electrons. The van der Waals surface area contributed by atoms with Crippen LogP contribution in [0.15, 0.2) is 54.6 Å². The number of rotatable bonds is 6. The minimum Gasteiger partial charge on any atom is -0.322 e. The summed E-state index contributed by atoms with van der Waals surface area (Å²) in [5, 5.41) is 3.06. The fourth-order valence-corrected chi connectivity index (χ4v) is 4.98. The molecule has 0 saturated carbocycles. The molecule has 4 rings (SSSR count). The van der Waals surface area contributed by atoms with Gasteiger partial charge in [-0.15, -0.1) is 0 Å². The van der Waals surface area contributed by atoms with Crippen molar-refractivity contribution in [2.75, 3.05) is 31.5 Å². The van der Waals surface area contributed by atoms with Crippen LogP contribution in [-0.4, -0.2) is 48.1 Å². The number of para-hydroxylation sites is 1. The highest BCUT2D eigenvalue weighted by atomic mass is 19.1. The smallest absolute Gasteiger partial charge is 0.322 e. The van der Waals surface area contributed by atoms with Gasteiger partial charge in [0.25, 0.3) is 0 Å². The third kappa shape index (κ3) is 6.30. The van der Waals surface area contributed by atoms with E-state index in [0.717, 1.165) is 57.5 Å². The zero-order valence-electron chi connectivity index (χ0n) is 18.3. The Morgan fingerprint density at radius 2 is 1.68 bits per heavy atom. The van der Waals surface area contributed by atoms with Gasteiger partial charge < -0.3 is 15.1 Å². The van der Waals surface area contributed by atoms with Crippen molar-refractivity contribution in [3.8, 4) is 0 Å². The minimum atomic E-state index is -0.159. The number of benzene rings is 2. The van der Waals surface area contributed by atoms with Crippen LogP contribution in [0.4, 0.5) is 14.9 Å². The van der Waals surface area contributed by atoms with E-state index in [-0.39, 0.29) is 11.8 Å². The number of anilines is 1. The summed E-state index contributed by atoms with van der Waals surface area (Å²) in [6.45, 7) is 4.15. The molecule has 1 N–H and O–H groups in total. The number of nitrogens with one attached hydrogen (secondary N) is 1. The first-order chi connectivity index (χ1) is 15.2. The van der Waals surface area contributed by atoms with Crippen LogP contribution in [0, 0.1) is 11.7 Å². The maximum absolute atomic E-state index is 13.1. The second-order valence-corrected chi connectivity index (χ2v) is 9.04. The number of amides is 2. The molecule has 1 atom stereocenters. The number of hydrogen-bond donors (Lipinski definition) is 1. The molecule has 0 aromatic heterocycles. The molecule has 4 nitrogen and oxygen atoms in total. The van der Waals surface area contributed by atoms with Crippen molar-refractivity contribution in [3.63, 3.8) is 0 Å². The zero-order valence-corrected chi connectivity index (χ0v) is 18.3. The monoisotopic (exact) mass is 423 g/mol. The lowest BCUT2D eigenvalue weighted by molar-refractivity contribution is 0.132. The summed E-state index contributed by atoms with van der Waals surface area (Å²) in [5.41, 5.74) is 2.10. The highest BCUT2D eigenvalue weighted by Crippen LogP contribution is 2.25. The van der Waals surface area contributed by atoms with Gasteiger partial charge in [-0.2, -0.15) is 0 Å². The third-order valence-corrected chi connectivity index (χ3v) is 6.84. The second kappa shape index (κ2) is 10.8. The molecule has 0 aliphatic carbocycles. The molecule has 5 heteroatoms. The van der Waals surface area contributed by atoms with Crippen molar-refractivity contribution in [3.05, 3.63) is 66.0 Å². The Bertz CT molecular complexity index is 818. The Kier molecular flexibility index (Phi) is 7.57. The van der Waals surface area contributed by atoms with Gasteiger partial charge in [0.1, 0.15) is 5.82 Å². The van der Waals surface area contributed by atoms with E-state index in [2.05, 4.69) is 15.1 Å². The number of urea groups is 1. The number of halogens is 1. The average molecular weight is 424 g/mol. The van der Waals surface area contributed by atoms with Crippen molar-refractivity contribution in [1.29, 1.82) is 0 Å². The SMILES string of the molecule is O=C(Nc1ccccc1)N1CCCCC1CCN1CCC(Cc2ccc(F)cc2)CC1. The maximum Gasteiger partial charge on any atom is 0.322 e. The van der Waals surface area contributed by atoms with Crippen molar-refractivity contribution >= 4 is 11.7 Å². The number of carbonyl (C=O) groups excluding carboxylic acids is 1.